The molecular weight excluding hydrogens is 430 g/mol. The van der Waals surface area contributed by atoms with Crippen molar-refractivity contribution in [1.82, 2.24) is 5.32 Å². The lowest BCUT2D eigenvalue weighted by molar-refractivity contribution is 0.0681. The van der Waals surface area contributed by atoms with Gasteiger partial charge in [-0.1, -0.05) is 78.9 Å². The van der Waals surface area contributed by atoms with Crippen LogP contribution in [0.5, 0.6) is 0 Å². The molecule has 3 aromatic rings. The fourth-order valence-electron chi connectivity index (χ4n) is 3.00. The number of nitrogens with one attached hydrogen (secondary N) is 1. The molecule has 0 radical (unpaired) electrons. The van der Waals surface area contributed by atoms with Crippen LogP contribution in [0.15, 0.2) is 95.9 Å². The SMILES string of the molecule is O=C(NC(Cc1ccccc1)C(O)COS(=O)(=O)c1ccccc1)OCc1ccccc1. The number of aliphatic hydroxyl groups excluding tert-OH is 1. The van der Waals surface area contributed by atoms with Crippen molar-refractivity contribution in [1.29, 1.82) is 0 Å². The molecule has 32 heavy (non-hydrogen) atoms. The first-order valence-electron chi connectivity index (χ1n) is 10.1. The van der Waals surface area contributed by atoms with Gasteiger partial charge in [-0.25, -0.2) is 4.79 Å². The maximum Gasteiger partial charge on any atom is 0.407 e. The third-order valence-electron chi connectivity index (χ3n) is 4.70. The van der Waals surface area contributed by atoms with Gasteiger partial charge in [0.05, 0.1) is 23.6 Å². The van der Waals surface area contributed by atoms with Crippen LogP contribution in [0.2, 0.25) is 0 Å². The number of benzene rings is 3. The Kier molecular flexibility index (Phi) is 8.38. The van der Waals surface area contributed by atoms with Gasteiger partial charge in [-0.15, -0.1) is 0 Å². The molecule has 3 aromatic carbocycles. The molecule has 2 N–H and O–H groups in total. The molecule has 8 heteroatoms. The number of aliphatic hydroxyl groups is 1. The zero-order valence-corrected chi connectivity index (χ0v) is 18.1. The highest BCUT2D eigenvalue weighted by Crippen LogP contribution is 2.14. The Morgan fingerprint density at radius 3 is 1.97 bits per heavy atom. The van der Waals surface area contributed by atoms with Crippen LogP contribution in [0.25, 0.3) is 0 Å². The smallest absolute Gasteiger partial charge is 0.407 e. The van der Waals surface area contributed by atoms with E-state index < -0.39 is 35.0 Å². The molecule has 0 aliphatic heterocycles. The highest BCUT2D eigenvalue weighted by molar-refractivity contribution is 7.86. The summed E-state index contributed by atoms with van der Waals surface area (Å²) in [6.07, 6.45) is -1.75. The minimum atomic E-state index is -4.04. The van der Waals surface area contributed by atoms with Gasteiger partial charge >= 0.3 is 6.09 Å². The minimum absolute atomic E-state index is 0.0120. The molecule has 0 spiro atoms. The predicted octanol–water partition coefficient (Wildman–Crippen LogP) is 3.29. The van der Waals surface area contributed by atoms with E-state index in [1.165, 1.54) is 12.1 Å². The van der Waals surface area contributed by atoms with Gasteiger partial charge in [0.25, 0.3) is 10.1 Å². The summed E-state index contributed by atoms with van der Waals surface area (Å²) in [6.45, 7) is -0.451. The fourth-order valence-corrected chi connectivity index (χ4v) is 3.94. The van der Waals surface area contributed by atoms with E-state index >= 15 is 0 Å². The molecule has 0 saturated carbocycles. The maximum atomic E-state index is 12.4. The molecule has 0 fully saturated rings. The Hall–Kier alpha value is -3.20. The van der Waals surface area contributed by atoms with Gasteiger partial charge in [-0.3, -0.25) is 4.18 Å². The van der Waals surface area contributed by atoms with Crippen LogP contribution < -0.4 is 5.32 Å². The van der Waals surface area contributed by atoms with E-state index in [9.17, 15) is 18.3 Å². The summed E-state index contributed by atoms with van der Waals surface area (Å²) in [5.41, 5.74) is 1.67. The van der Waals surface area contributed by atoms with E-state index in [4.69, 9.17) is 8.92 Å². The Morgan fingerprint density at radius 1 is 0.844 bits per heavy atom. The predicted molar refractivity (Wildman–Crippen MR) is 119 cm³/mol. The third-order valence-corrected chi connectivity index (χ3v) is 6.00. The molecule has 0 aliphatic carbocycles. The van der Waals surface area contributed by atoms with Crippen LogP contribution >= 0.6 is 0 Å². The number of alkyl carbamates (subject to hydrolysis) is 1. The lowest BCUT2D eigenvalue weighted by Gasteiger charge is -2.24. The molecule has 0 heterocycles. The van der Waals surface area contributed by atoms with Crippen molar-refractivity contribution in [2.75, 3.05) is 6.61 Å². The zero-order chi connectivity index (χ0) is 22.8. The van der Waals surface area contributed by atoms with E-state index in [2.05, 4.69) is 5.32 Å². The monoisotopic (exact) mass is 455 g/mol. The van der Waals surface area contributed by atoms with Crippen molar-refractivity contribution in [2.45, 2.75) is 30.1 Å². The van der Waals surface area contributed by atoms with Gasteiger partial charge in [0.1, 0.15) is 6.61 Å². The van der Waals surface area contributed by atoms with Gasteiger partial charge in [0.15, 0.2) is 0 Å². The highest BCUT2D eigenvalue weighted by Gasteiger charge is 2.26. The minimum Gasteiger partial charge on any atom is -0.445 e. The molecule has 2 unspecified atom stereocenters. The first-order chi connectivity index (χ1) is 15.4. The standard InChI is InChI=1S/C24H25NO6S/c26-23(18-31-32(28,29)21-14-8-3-9-15-21)22(16-19-10-4-1-5-11-19)25-24(27)30-17-20-12-6-2-7-13-20/h1-15,22-23,26H,16-18H2,(H,25,27). The van der Waals surface area contributed by atoms with Gasteiger partial charge in [-0.05, 0) is 29.7 Å². The Labute approximate surface area is 187 Å². The average molecular weight is 456 g/mol. The molecule has 0 saturated heterocycles. The van der Waals surface area contributed by atoms with Gasteiger partial charge in [-0.2, -0.15) is 8.42 Å². The molecule has 3 rings (SSSR count). The molecule has 7 nitrogen and oxygen atoms in total. The largest absolute Gasteiger partial charge is 0.445 e. The number of amides is 1. The average Bonchev–Trinajstić information content (AvgIpc) is 2.83. The van der Waals surface area contributed by atoms with E-state index in [0.717, 1.165) is 11.1 Å². The van der Waals surface area contributed by atoms with Crippen LogP contribution in [0.1, 0.15) is 11.1 Å². The van der Waals surface area contributed by atoms with Gasteiger partial charge < -0.3 is 15.2 Å². The molecule has 1 amide bonds. The van der Waals surface area contributed by atoms with Crippen molar-refractivity contribution in [2.24, 2.45) is 0 Å². The Balaban J connectivity index is 1.64. The molecule has 0 aliphatic rings. The first kappa shape index (κ1) is 23.5. The second-order valence-electron chi connectivity index (χ2n) is 7.12. The summed E-state index contributed by atoms with van der Waals surface area (Å²) in [4.78, 5) is 12.3. The molecule has 2 atom stereocenters. The number of hydrogen-bond acceptors (Lipinski definition) is 6. The lowest BCUT2D eigenvalue weighted by Crippen LogP contribution is -2.47. The van der Waals surface area contributed by atoms with E-state index in [1.54, 1.807) is 18.2 Å². The summed E-state index contributed by atoms with van der Waals surface area (Å²) >= 11 is 0. The summed E-state index contributed by atoms with van der Waals surface area (Å²) in [7, 11) is -4.04. The summed E-state index contributed by atoms with van der Waals surface area (Å²) in [5, 5.41) is 13.3. The summed E-state index contributed by atoms with van der Waals surface area (Å²) < 4.78 is 35.0. The van der Waals surface area contributed by atoms with Crippen molar-refractivity contribution in [3.63, 3.8) is 0 Å². The second-order valence-corrected chi connectivity index (χ2v) is 8.74. The molecular formula is C24H25NO6S. The first-order valence-corrected chi connectivity index (χ1v) is 11.5. The van der Waals surface area contributed by atoms with E-state index in [-0.39, 0.29) is 17.9 Å². The van der Waals surface area contributed by atoms with E-state index in [1.807, 2.05) is 60.7 Å². The van der Waals surface area contributed by atoms with Crippen LogP contribution in [-0.4, -0.2) is 38.4 Å². The molecule has 0 aromatic heterocycles. The Morgan fingerprint density at radius 2 is 1.38 bits per heavy atom. The van der Waals surface area contributed by atoms with Crippen LogP contribution in [-0.2, 0) is 32.1 Å². The maximum absolute atomic E-state index is 12.4. The highest BCUT2D eigenvalue weighted by atomic mass is 32.2. The zero-order valence-electron chi connectivity index (χ0n) is 17.3. The number of ether oxygens (including phenoxy) is 1. The molecule has 0 bridgehead atoms. The van der Waals surface area contributed by atoms with Crippen LogP contribution in [0.3, 0.4) is 0 Å². The number of hydrogen-bond donors (Lipinski definition) is 2. The van der Waals surface area contributed by atoms with Gasteiger partial charge in [0.2, 0.25) is 0 Å². The number of carbonyl (C=O) groups excluding carboxylic acids is 1. The fraction of sp³-hybridized carbons (Fsp3) is 0.208. The van der Waals surface area contributed by atoms with Crippen molar-refractivity contribution in [3.05, 3.63) is 102 Å². The summed E-state index contributed by atoms with van der Waals surface area (Å²) in [6, 6.07) is 25.2. The van der Waals surface area contributed by atoms with Crippen LogP contribution in [0.4, 0.5) is 4.79 Å². The van der Waals surface area contributed by atoms with Crippen molar-refractivity contribution >= 4 is 16.2 Å². The van der Waals surface area contributed by atoms with Crippen LogP contribution in [0, 0.1) is 0 Å². The normalized spacial score (nSPS) is 13.2. The van der Waals surface area contributed by atoms with Crippen molar-refractivity contribution in [3.8, 4) is 0 Å². The molecule has 168 valence electrons. The summed E-state index contributed by atoms with van der Waals surface area (Å²) in [5.74, 6) is 0. The van der Waals surface area contributed by atoms with E-state index in [0.29, 0.717) is 0 Å². The Bertz CT molecular complexity index is 1080. The van der Waals surface area contributed by atoms with Crippen molar-refractivity contribution < 1.29 is 27.2 Å². The quantitative estimate of drug-likeness (QED) is 0.455. The lowest BCUT2D eigenvalue weighted by atomic mass is 10.0. The number of rotatable bonds is 10. The third kappa shape index (κ3) is 7.19. The second kappa shape index (κ2) is 11.4. The van der Waals surface area contributed by atoms with Gasteiger partial charge in [0, 0.05) is 0 Å². The topological polar surface area (TPSA) is 102 Å². The number of carbonyl (C=O) groups is 1.